The fourth-order valence-electron chi connectivity index (χ4n) is 0.340. The number of allylic oxidation sites excluding steroid dienone is 4. The van der Waals surface area contributed by atoms with Crippen molar-refractivity contribution in [1.82, 2.24) is 0 Å². The Labute approximate surface area is 106 Å². The minimum atomic E-state index is -0.861. The Morgan fingerprint density at radius 1 is 1.23 bits per heavy atom. The van der Waals surface area contributed by atoms with Gasteiger partial charge in [0.15, 0.2) is 0 Å². The molecule has 0 unspecified atom stereocenters. The predicted octanol–water partition coefficient (Wildman–Crippen LogP) is 3.90. The molecule has 1 rings (SSSR count). The van der Waals surface area contributed by atoms with E-state index in [9.17, 15) is 0 Å². The zero-order chi connectivity index (χ0) is 8.04. The maximum absolute atomic E-state index is 3.91. The van der Waals surface area contributed by atoms with Crippen molar-refractivity contribution in [3.8, 4) is 0 Å². The number of rotatable bonds is 0. The average Bonchev–Trinajstić information content (AvgIpc) is 2.07. The van der Waals surface area contributed by atoms with Gasteiger partial charge in [0.2, 0.25) is 0 Å². The maximum Gasteiger partial charge on any atom is 4.00 e. The molecule has 0 N–H and O–H groups in total. The first-order chi connectivity index (χ1) is 4.50. The van der Waals surface area contributed by atoms with Gasteiger partial charge in [0, 0.05) is 0 Å². The molecule has 0 spiro atoms. The summed E-state index contributed by atoms with van der Waals surface area (Å²) in [4.78, 5) is 0. The van der Waals surface area contributed by atoms with E-state index in [1.165, 1.54) is 0 Å². The van der Waals surface area contributed by atoms with Gasteiger partial charge in [0.1, 0.15) is 0 Å². The zero-order valence-electron chi connectivity index (χ0n) is 9.65. The van der Waals surface area contributed by atoms with Crippen molar-refractivity contribution in [1.29, 1.82) is 0 Å². The van der Waals surface area contributed by atoms with Crippen LogP contribution in [0.1, 0.15) is 6.42 Å². The smallest absolute Gasteiger partial charge is 0.358 e. The molecule has 13 heavy (non-hydrogen) atoms. The van der Waals surface area contributed by atoms with Crippen molar-refractivity contribution in [3.63, 3.8) is 0 Å². The summed E-state index contributed by atoms with van der Waals surface area (Å²) in [5.41, 5.74) is 0. The molecule has 0 atom stereocenters. The van der Waals surface area contributed by atoms with Crippen molar-refractivity contribution in [2.75, 3.05) is 0 Å². The van der Waals surface area contributed by atoms with E-state index in [-0.39, 0.29) is 41.1 Å². The van der Waals surface area contributed by atoms with Gasteiger partial charge in [0.25, 0.3) is 0 Å². The summed E-state index contributed by atoms with van der Waals surface area (Å²) < 4.78 is 0. The minimum absolute atomic E-state index is 0. The van der Waals surface area contributed by atoms with E-state index in [1.807, 2.05) is 12.2 Å². The SMILES string of the molecule is [C-]1=CC=CC1.[CH2-][Si](C)(C)C.[CH3-].[CH3-].[Zr+4]. The number of hydrogen-bond donors (Lipinski definition) is 0. The molecule has 0 aromatic carbocycles. The van der Waals surface area contributed by atoms with E-state index in [4.69, 9.17) is 0 Å². The first kappa shape index (κ1) is 23.4. The van der Waals surface area contributed by atoms with E-state index >= 15 is 0 Å². The van der Waals surface area contributed by atoms with E-state index in [0.717, 1.165) is 6.42 Å². The maximum atomic E-state index is 3.91. The molecule has 0 heterocycles. The van der Waals surface area contributed by atoms with Gasteiger partial charge in [-0.15, -0.1) is 14.5 Å². The molecule has 1 aliphatic carbocycles. The average molecular weight is 274 g/mol. The Hall–Kier alpha value is 0.580. The van der Waals surface area contributed by atoms with Crippen molar-refractivity contribution in [2.24, 2.45) is 0 Å². The van der Waals surface area contributed by atoms with Crippen LogP contribution in [-0.2, 0) is 26.2 Å². The second-order valence-corrected chi connectivity index (χ2v) is 8.69. The van der Waals surface area contributed by atoms with Crippen molar-refractivity contribution < 1.29 is 26.2 Å². The molecule has 2 heteroatoms. The molecule has 0 saturated carbocycles. The van der Waals surface area contributed by atoms with Gasteiger partial charge in [-0.25, -0.2) is 12.2 Å². The normalized spacial score (nSPS) is 11.4. The molecule has 0 radical (unpaired) electrons. The largest absolute Gasteiger partial charge is 4.00 e. The van der Waals surface area contributed by atoms with Gasteiger partial charge >= 0.3 is 26.2 Å². The first-order valence-electron chi connectivity index (χ1n) is 3.57. The van der Waals surface area contributed by atoms with Crippen LogP contribution in [0.5, 0.6) is 0 Å². The number of hydrogen-bond acceptors (Lipinski definition) is 0. The Bertz CT molecular complexity index is 116. The minimum Gasteiger partial charge on any atom is -0.358 e. The van der Waals surface area contributed by atoms with E-state index < -0.39 is 8.07 Å². The monoisotopic (exact) mass is 272 g/mol. The topological polar surface area (TPSA) is 0 Å². The molecule has 0 saturated heterocycles. The van der Waals surface area contributed by atoms with E-state index in [0.29, 0.717) is 0 Å². The van der Waals surface area contributed by atoms with Gasteiger partial charge in [-0.1, -0.05) is 19.6 Å². The van der Waals surface area contributed by atoms with Crippen LogP contribution in [0.3, 0.4) is 0 Å². The Morgan fingerprint density at radius 2 is 1.62 bits per heavy atom. The van der Waals surface area contributed by atoms with Crippen molar-refractivity contribution in [2.45, 2.75) is 26.1 Å². The molecule has 0 bridgehead atoms. The summed E-state index contributed by atoms with van der Waals surface area (Å²) in [7, 11) is -0.861. The first-order valence-corrected chi connectivity index (χ1v) is 7.28. The van der Waals surface area contributed by atoms with Crippen LogP contribution < -0.4 is 0 Å². The molecule has 0 nitrogen and oxygen atoms in total. The fraction of sp³-hybridized carbons (Fsp3) is 0.364. The summed E-state index contributed by atoms with van der Waals surface area (Å²) in [5, 5.41) is 0. The van der Waals surface area contributed by atoms with Gasteiger partial charge in [-0.05, 0) is 0 Å². The summed E-state index contributed by atoms with van der Waals surface area (Å²) in [6.07, 6.45) is 10.0. The fourth-order valence-corrected chi connectivity index (χ4v) is 0.340. The van der Waals surface area contributed by atoms with Crippen LogP contribution in [0.4, 0.5) is 0 Å². The van der Waals surface area contributed by atoms with Crippen LogP contribution in [0.2, 0.25) is 19.6 Å². The second kappa shape index (κ2) is 12.6. The molecular formula is C11H22SiZr. The Balaban J connectivity index is -0.0000000506. The van der Waals surface area contributed by atoms with Crippen LogP contribution in [-0.4, -0.2) is 8.07 Å². The van der Waals surface area contributed by atoms with Gasteiger partial charge in [0.05, 0.1) is 0 Å². The van der Waals surface area contributed by atoms with Crippen molar-refractivity contribution >= 4 is 8.07 Å². The van der Waals surface area contributed by atoms with Crippen molar-refractivity contribution in [3.05, 3.63) is 45.7 Å². The van der Waals surface area contributed by atoms with Gasteiger partial charge < -0.3 is 21.4 Å². The molecule has 0 aromatic heterocycles. The third-order valence-electron chi connectivity index (χ3n) is 0.586. The second-order valence-electron chi connectivity index (χ2n) is 3.56. The predicted molar refractivity (Wildman–Crippen MR) is 63.1 cm³/mol. The standard InChI is InChI=1S/C5H5.C4H11Si.2CH3.Zr/c1-2-4-5-3-1;1-5(2,3)4;;;/h1-3H,4H2;1H2,2-4H3;2*1H3;/q4*-1;+4. The summed E-state index contributed by atoms with van der Waals surface area (Å²) >= 11 is 0. The Morgan fingerprint density at radius 3 is 1.69 bits per heavy atom. The van der Waals surface area contributed by atoms with Gasteiger partial charge in [-0.2, -0.15) is 6.08 Å². The van der Waals surface area contributed by atoms with E-state index in [1.54, 1.807) is 0 Å². The zero-order valence-corrected chi connectivity index (χ0v) is 13.1. The Kier molecular flexibility index (Phi) is 22.7. The van der Waals surface area contributed by atoms with E-state index in [2.05, 4.69) is 38.3 Å². The van der Waals surface area contributed by atoms with Gasteiger partial charge in [-0.3, -0.25) is 6.08 Å². The third-order valence-corrected chi connectivity index (χ3v) is 0.586. The summed E-state index contributed by atoms with van der Waals surface area (Å²) in [6, 6.07) is 0. The molecule has 0 fully saturated rings. The molecule has 1 aliphatic rings. The summed E-state index contributed by atoms with van der Waals surface area (Å²) in [5.74, 6) is 0. The molecule has 0 aliphatic heterocycles. The van der Waals surface area contributed by atoms with Crippen LogP contribution in [0, 0.1) is 27.5 Å². The van der Waals surface area contributed by atoms with Crippen LogP contribution in [0.25, 0.3) is 0 Å². The molecule has 74 valence electrons. The van der Waals surface area contributed by atoms with Crippen LogP contribution in [0.15, 0.2) is 18.2 Å². The third kappa shape index (κ3) is 45.2. The quantitative estimate of drug-likeness (QED) is 0.464. The molecule has 0 amide bonds. The molecule has 0 aromatic rings. The van der Waals surface area contributed by atoms with Crippen LogP contribution >= 0.6 is 0 Å². The molecular weight excluding hydrogens is 251 g/mol. The summed E-state index contributed by atoms with van der Waals surface area (Å²) in [6.45, 7) is 10.6.